The van der Waals surface area contributed by atoms with Crippen molar-refractivity contribution in [3.05, 3.63) is 36.1 Å². The van der Waals surface area contributed by atoms with E-state index in [1.165, 1.54) is 0 Å². The Bertz CT molecular complexity index is 970. The van der Waals surface area contributed by atoms with Crippen molar-refractivity contribution in [2.24, 2.45) is 5.41 Å². The van der Waals surface area contributed by atoms with Crippen molar-refractivity contribution < 1.29 is 28.2 Å². The zero-order valence-electron chi connectivity index (χ0n) is 26.9. The maximum atomic E-state index is 13.6. The summed E-state index contributed by atoms with van der Waals surface area (Å²) in [6.07, 6.45) is 4.21. The van der Waals surface area contributed by atoms with Gasteiger partial charge in [0.1, 0.15) is 26.5 Å². The molecule has 0 bridgehead atoms. The van der Waals surface area contributed by atoms with Gasteiger partial charge in [-0.3, -0.25) is 0 Å². The first kappa shape index (κ1) is 35.6. The van der Waals surface area contributed by atoms with Crippen LogP contribution >= 0.6 is 0 Å². The van der Waals surface area contributed by atoms with Crippen LogP contribution in [-0.2, 0) is 28.2 Å². The Morgan fingerprint density at radius 3 is 2.21 bits per heavy atom. The van der Waals surface area contributed by atoms with Gasteiger partial charge in [-0.1, -0.05) is 84.7 Å². The lowest BCUT2D eigenvalue weighted by Crippen LogP contribution is -2.51. The summed E-state index contributed by atoms with van der Waals surface area (Å²) in [6, 6.07) is 1.02. The summed E-state index contributed by atoms with van der Waals surface area (Å²) in [4.78, 5) is 13.6. The fourth-order valence-corrected chi connectivity index (χ4v) is 6.42. The van der Waals surface area contributed by atoms with Gasteiger partial charge in [0.15, 0.2) is 15.1 Å². The predicted molar refractivity (Wildman–Crippen MR) is 169 cm³/mol. The Balaban J connectivity index is 3.66. The third-order valence-electron chi connectivity index (χ3n) is 7.18. The number of esters is 1. The highest BCUT2D eigenvalue weighted by atomic mass is 28.4. The van der Waals surface area contributed by atoms with Gasteiger partial charge in [0.25, 0.3) is 0 Å². The van der Waals surface area contributed by atoms with Crippen molar-refractivity contribution in [2.45, 2.75) is 103 Å². The van der Waals surface area contributed by atoms with E-state index < -0.39 is 48.1 Å². The average molecular weight is 595 g/mol. The van der Waals surface area contributed by atoms with Crippen molar-refractivity contribution >= 4 is 30.4 Å². The van der Waals surface area contributed by atoms with Gasteiger partial charge < -0.3 is 23.4 Å². The van der Waals surface area contributed by atoms with Crippen LogP contribution in [0.15, 0.2) is 36.1 Å². The minimum atomic E-state index is -2.30. The van der Waals surface area contributed by atoms with Crippen LogP contribution < -0.4 is 0 Å². The van der Waals surface area contributed by atoms with Crippen molar-refractivity contribution in [1.29, 1.82) is 0 Å². The largest absolute Gasteiger partial charge is 0.468 e. The molecular formula is C30H54O6Si3. The lowest BCUT2D eigenvalue weighted by Gasteiger charge is -2.43. The van der Waals surface area contributed by atoms with E-state index in [2.05, 4.69) is 91.2 Å². The first-order chi connectivity index (χ1) is 17.7. The van der Waals surface area contributed by atoms with E-state index in [0.29, 0.717) is 17.9 Å². The molecule has 0 fully saturated rings. The number of carbonyl (C=O) groups excluding carboxylic acids is 1. The summed E-state index contributed by atoms with van der Waals surface area (Å²) in [6.45, 7) is 30.9. The lowest BCUT2D eigenvalue weighted by molar-refractivity contribution is -0.139. The molecule has 0 aromatic carbocycles. The van der Waals surface area contributed by atoms with E-state index in [0.717, 1.165) is 6.04 Å². The van der Waals surface area contributed by atoms with Crippen LogP contribution in [0.25, 0.3) is 0 Å². The molecule has 1 rings (SSSR count). The minimum absolute atomic E-state index is 0.0138. The summed E-state index contributed by atoms with van der Waals surface area (Å²) in [5.74, 6) is 3.12. The molecule has 0 aromatic heterocycles. The van der Waals surface area contributed by atoms with Gasteiger partial charge in [-0.05, 0) is 37.2 Å². The molecule has 0 N–H and O–H groups in total. The Morgan fingerprint density at radius 2 is 1.72 bits per heavy atom. The van der Waals surface area contributed by atoms with E-state index >= 15 is 0 Å². The molecule has 9 heteroatoms. The van der Waals surface area contributed by atoms with Crippen molar-refractivity contribution in [3.63, 3.8) is 0 Å². The number of rotatable bonds is 13. The molecule has 6 nitrogen and oxygen atoms in total. The van der Waals surface area contributed by atoms with E-state index in [1.807, 2.05) is 19.1 Å². The van der Waals surface area contributed by atoms with E-state index in [1.54, 1.807) is 13.2 Å². The van der Waals surface area contributed by atoms with E-state index in [-0.39, 0.29) is 18.4 Å². The Morgan fingerprint density at radius 1 is 1.10 bits per heavy atom. The van der Waals surface area contributed by atoms with Crippen LogP contribution in [0.1, 0.15) is 27.7 Å². The standard InChI is InChI=1S/C30H54O6Si3/c1-15-19-34-28(31)24-25(35-23-33-20-22-38(10,11)12)26(32-6)27(36-39(13,14)29(2,3)4)30(24,5)18-16-17-21-37(7,8)9/h15-16,18,26-27H,1,19-20,22-23H2,2-14H3/b18-16-/t26-,27+,30+/m0/s1. The molecular weight excluding hydrogens is 541 g/mol. The summed E-state index contributed by atoms with van der Waals surface area (Å²) in [5, 5.41) is -0.0549. The SMILES string of the molecule is C=CCOC(=O)C1=C(OCOCC[Si](C)(C)C)[C@H](OC)[C@@H](O[Si](C)(C)C(C)(C)C)[C@]1(C)/C=C\C#C[Si](C)(C)C. The van der Waals surface area contributed by atoms with Gasteiger partial charge in [-0.2, -0.15) is 0 Å². The van der Waals surface area contributed by atoms with Gasteiger partial charge in [-0.15, -0.1) is 5.54 Å². The molecule has 1 aliphatic carbocycles. The van der Waals surface area contributed by atoms with Crippen molar-refractivity contribution in [2.75, 3.05) is 27.1 Å². The zero-order valence-corrected chi connectivity index (χ0v) is 29.9. The molecule has 222 valence electrons. The van der Waals surface area contributed by atoms with Crippen molar-refractivity contribution in [3.8, 4) is 11.5 Å². The molecule has 3 atom stereocenters. The van der Waals surface area contributed by atoms with E-state index in [4.69, 9.17) is 23.4 Å². The molecule has 39 heavy (non-hydrogen) atoms. The molecule has 0 aromatic rings. The molecule has 0 heterocycles. The van der Waals surface area contributed by atoms with Gasteiger partial charge in [-0.25, -0.2) is 4.79 Å². The summed E-state index contributed by atoms with van der Waals surface area (Å²) in [5.41, 5.74) is 2.84. The fraction of sp³-hybridized carbons (Fsp3) is 0.700. The maximum Gasteiger partial charge on any atom is 0.338 e. The van der Waals surface area contributed by atoms with Crippen LogP contribution in [0, 0.1) is 16.9 Å². The molecule has 0 saturated heterocycles. The number of methoxy groups -OCH3 is 1. The number of hydrogen-bond acceptors (Lipinski definition) is 6. The molecule has 0 amide bonds. The van der Waals surface area contributed by atoms with Crippen LogP contribution in [-0.4, -0.2) is 69.8 Å². The minimum Gasteiger partial charge on any atom is -0.468 e. The molecule has 0 spiro atoms. The van der Waals surface area contributed by atoms with Crippen LogP contribution in [0.3, 0.4) is 0 Å². The zero-order chi connectivity index (χ0) is 30.3. The Kier molecular flexibility index (Phi) is 12.8. The fourth-order valence-electron chi connectivity index (χ4n) is 3.79. The third kappa shape index (κ3) is 10.5. The Labute approximate surface area is 241 Å². The molecule has 1 aliphatic rings. The summed E-state index contributed by atoms with van der Waals surface area (Å²) in [7, 11) is -3.51. The first-order valence-corrected chi connectivity index (χ1v) is 24.0. The van der Waals surface area contributed by atoms with E-state index in [9.17, 15) is 4.79 Å². The average Bonchev–Trinajstić information content (AvgIpc) is 2.99. The third-order valence-corrected chi connectivity index (χ3v) is 14.2. The molecule has 0 saturated carbocycles. The van der Waals surface area contributed by atoms with Gasteiger partial charge >= 0.3 is 5.97 Å². The first-order valence-electron chi connectivity index (χ1n) is 13.8. The second-order valence-electron chi connectivity index (χ2n) is 14.2. The number of carbonyl (C=O) groups is 1. The molecule has 0 radical (unpaired) electrons. The quantitative estimate of drug-likeness (QED) is 0.0563. The topological polar surface area (TPSA) is 63.2 Å². The highest BCUT2D eigenvalue weighted by molar-refractivity contribution is 6.83. The summed E-state index contributed by atoms with van der Waals surface area (Å²) < 4.78 is 30.7. The number of allylic oxidation sites excluding steroid dienone is 1. The molecule has 0 aliphatic heterocycles. The highest BCUT2D eigenvalue weighted by Crippen LogP contribution is 2.51. The summed E-state index contributed by atoms with van der Waals surface area (Å²) >= 11 is 0. The van der Waals surface area contributed by atoms with Crippen LogP contribution in [0.2, 0.25) is 63.5 Å². The van der Waals surface area contributed by atoms with Gasteiger partial charge in [0, 0.05) is 27.2 Å². The highest BCUT2D eigenvalue weighted by Gasteiger charge is 2.57. The molecule has 0 unspecified atom stereocenters. The second kappa shape index (κ2) is 14.0. The van der Waals surface area contributed by atoms with Crippen LogP contribution in [0.5, 0.6) is 0 Å². The van der Waals surface area contributed by atoms with Crippen molar-refractivity contribution in [1.82, 2.24) is 0 Å². The predicted octanol–water partition coefficient (Wildman–Crippen LogP) is 7.16. The number of hydrogen-bond donors (Lipinski definition) is 0. The smallest absolute Gasteiger partial charge is 0.338 e. The maximum absolute atomic E-state index is 13.6. The number of ether oxygens (including phenoxy) is 4. The lowest BCUT2D eigenvalue weighted by atomic mass is 9.80. The second-order valence-corrected chi connectivity index (χ2v) is 29.3. The normalized spacial score (nSPS) is 22.6. The van der Waals surface area contributed by atoms with Crippen LogP contribution in [0.4, 0.5) is 0 Å². The van der Waals surface area contributed by atoms with Gasteiger partial charge in [0.2, 0.25) is 0 Å². The Hall–Kier alpha value is -1.42. The van der Waals surface area contributed by atoms with Gasteiger partial charge in [0.05, 0.1) is 11.7 Å². The monoisotopic (exact) mass is 594 g/mol.